The van der Waals surface area contributed by atoms with Crippen molar-refractivity contribution in [1.29, 1.82) is 0 Å². The zero-order chi connectivity index (χ0) is 12.5. The summed E-state index contributed by atoms with van der Waals surface area (Å²) in [5, 5.41) is 11.5. The molecule has 0 aliphatic heterocycles. The van der Waals surface area contributed by atoms with Gasteiger partial charge >= 0.3 is 0 Å². The second-order valence-electron chi connectivity index (χ2n) is 5.16. The number of rotatable bonds is 2. The van der Waals surface area contributed by atoms with Crippen molar-refractivity contribution in [3.8, 4) is 0 Å². The zero-order valence-electron chi connectivity index (χ0n) is 10.0. The summed E-state index contributed by atoms with van der Waals surface area (Å²) in [6.45, 7) is 2.14. The fourth-order valence-electron chi connectivity index (χ4n) is 2.65. The monoisotopic (exact) mass is 316 g/mol. The SMILES string of the molecule is CC1CCCCC1(O)Cc1ccc(Br)cc1Cl. The molecule has 0 spiro atoms. The lowest BCUT2D eigenvalue weighted by molar-refractivity contribution is -0.0405. The van der Waals surface area contributed by atoms with E-state index in [-0.39, 0.29) is 0 Å². The van der Waals surface area contributed by atoms with Gasteiger partial charge in [-0.2, -0.15) is 0 Å². The van der Waals surface area contributed by atoms with Crippen LogP contribution < -0.4 is 0 Å². The molecule has 1 saturated carbocycles. The minimum atomic E-state index is -0.574. The molecule has 1 aliphatic carbocycles. The van der Waals surface area contributed by atoms with Gasteiger partial charge in [-0.15, -0.1) is 0 Å². The molecule has 1 fully saturated rings. The highest BCUT2D eigenvalue weighted by atomic mass is 79.9. The summed E-state index contributed by atoms with van der Waals surface area (Å²) in [4.78, 5) is 0. The van der Waals surface area contributed by atoms with Crippen molar-refractivity contribution in [3.05, 3.63) is 33.3 Å². The number of aliphatic hydroxyl groups is 1. The van der Waals surface area contributed by atoms with Crippen molar-refractivity contribution >= 4 is 27.5 Å². The summed E-state index contributed by atoms with van der Waals surface area (Å²) in [7, 11) is 0. The first-order valence-corrected chi connectivity index (χ1v) is 7.35. The lowest BCUT2D eigenvalue weighted by Gasteiger charge is -2.38. The van der Waals surface area contributed by atoms with E-state index in [0.717, 1.165) is 34.3 Å². The normalized spacial score (nSPS) is 29.3. The molecular formula is C14H18BrClO. The van der Waals surface area contributed by atoms with Crippen LogP contribution in [0.25, 0.3) is 0 Å². The van der Waals surface area contributed by atoms with E-state index in [4.69, 9.17) is 11.6 Å². The van der Waals surface area contributed by atoms with Crippen LogP contribution in [0.4, 0.5) is 0 Å². The van der Waals surface area contributed by atoms with E-state index in [0.29, 0.717) is 12.3 Å². The molecule has 0 heterocycles. The fourth-order valence-corrected chi connectivity index (χ4v) is 3.39. The Morgan fingerprint density at radius 3 is 2.88 bits per heavy atom. The third-order valence-corrected chi connectivity index (χ3v) is 4.77. The zero-order valence-corrected chi connectivity index (χ0v) is 12.4. The first kappa shape index (κ1) is 13.4. The van der Waals surface area contributed by atoms with Gasteiger partial charge < -0.3 is 5.11 Å². The molecule has 1 nitrogen and oxygen atoms in total. The van der Waals surface area contributed by atoms with E-state index in [1.165, 1.54) is 6.42 Å². The molecule has 0 aromatic heterocycles. The second kappa shape index (κ2) is 5.29. The molecule has 1 aromatic rings. The number of benzene rings is 1. The Morgan fingerprint density at radius 1 is 1.47 bits per heavy atom. The van der Waals surface area contributed by atoms with E-state index in [1.807, 2.05) is 18.2 Å². The molecule has 1 aliphatic rings. The van der Waals surface area contributed by atoms with Crippen LogP contribution >= 0.6 is 27.5 Å². The van der Waals surface area contributed by atoms with Crippen LogP contribution in [0, 0.1) is 5.92 Å². The highest BCUT2D eigenvalue weighted by Crippen LogP contribution is 2.37. The van der Waals surface area contributed by atoms with E-state index in [1.54, 1.807) is 0 Å². The fraction of sp³-hybridized carbons (Fsp3) is 0.571. The van der Waals surface area contributed by atoms with Crippen LogP contribution in [0.5, 0.6) is 0 Å². The highest BCUT2D eigenvalue weighted by molar-refractivity contribution is 9.10. The van der Waals surface area contributed by atoms with Gasteiger partial charge in [-0.25, -0.2) is 0 Å². The van der Waals surface area contributed by atoms with Crippen molar-refractivity contribution in [2.75, 3.05) is 0 Å². The molecule has 0 radical (unpaired) electrons. The Balaban J connectivity index is 2.19. The molecule has 0 bridgehead atoms. The molecule has 17 heavy (non-hydrogen) atoms. The Labute approximate surface area is 116 Å². The maximum Gasteiger partial charge on any atom is 0.0713 e. The molecule has 0 saturated heterocycles. The summed E-state index contributed by atoms with van der Waals surface area (Å²) in [5.41, 5.74) is 0.474. The third kappa shape index (κ3) is 3.04. The van der Waals surface area contributed by atoms with Crippen LogP contribution in [-0.4, -0.2) is 10.7 Å². The summed E-state index contributed by atoms with van der Waals surface area (Å²) in [5.74, 6) is 0.357. The third-order valence-electron chi connectivity index (χ3n) is 3.93. The molecule has 2 atom stereocenters. The minimum absolute atomic E-state index is 0.357. The summed E-state index contributed by atoms with van der Waals surface area (Å²) in [6, 6.07) is 5.89. The Morgan fingerprint density at radius 2 is 2.24 bits per heavy atom. The van der Waals surface area contributed by atoms with Gasteiger partial charge in [-0.1, -0.05) is 53.4 Å². The Kier molecular flexibility index (Phi) is 4.17. The largest absolute Gasteiger partial charge is 0.389 e. The molecule has 2 rings (SSSR count). The number of halogens is 2. The van der Waals surface area contributed by atoms with E-state index >= 15 is 0 Å². The molecule has 1 N–H and O–H groups in total. The van der Waals surface area contributed by atoms with Gasteiger partial charge in [0, 0.05) is 15.9 Å². The second-order valence-corrected chi connectivity index (χ2v) is 6.49. The van der Waals surface area contributed by atoms with Gasteiger partial charge in [0.05, 0.1) is 5.60 Å². The van der Waals surface area contributed by atoms with Gasteiger partial charge in [0.15, 0.2) is 0 Å². The lowest BCUT2D eigenvalue weighted by Crippen LogP contribution is -2.41. The van der Waals surface area contributed by atoms with Gasteiger partial charge in [-0.3, -0.25) is 0 Å². The van der Waals surface area contributed by atoms with Crippen LogP contribution in [-0.2, 0) is 6.42 Å². The molecule has 1 aromatic carbocycles. The summed E-state index contributed by atoms with van der Waals surface area (Å²) in [6.07, 6.45) is 5.03. The Hall–Kier alpha value is -0.0500. The van der Waals surface area contributed by atoms with Crippen LogP contribution in [0.1, 0.15) is 38.2 Å². The van der Waals surface area contributed by atoms with Crippen molar-refractivity contribution < 1.29 is 5.11 Å². The van der Waals surface area contributed by atoms with E-state index < -0.39 is 5.60 Å². The van der Waals surface area contributed by atoms with E-state index in [9.17, 15) is 5.11 Å². The van der Waals surface area contributed by atoms with Gasteiger partial charge in [-0.05, 0) is 36.5 Å². The summed E-state index contributed by atoms with van der Waals surface area (Å²) < 4.78 is 0.981. The van der Waals surface area contributed by atoms with Gasteiger partial charge in [0.1, 0.15) is 0 Å². The highest BCUT2D eigenvalue weighted by Gasteiger charge is 2.36. The van der Waals surface area contributed by atoms with Crippen LogP contribution in [0.3, 0.4) is 0 Å². The van der Waals surface area contributed by atoms with Gasteiger partial charge in [0.2, 0.25) is 0 Å². The molecule has 2 unspecified atom stereocenters. The predicted octanol–water partition coefficient (Wildman–Crippen LogP) is 4.59. The maximum atomic E-state index is 10.7. The topological polar surface area (TPSA) is 20.2 Å². The number of hydrogen-bond acceptors (Lipinski definition) is 1. The number of hydrogen-bond donors (Lipinski definition) is 1. The van der Waals surface area contributed by atoms with Crippen molar-refractivity contribution in [1.82, 2.24) is 0 Å². The van der Waals surface area contributed by atoms with Crippen molar-refractivity contribution in [3.63, 3.8) is 0 Å². The maximum absolute atomic E-state index is 10.7. The minimum Gasteiger partial charge on any atom is -0.389 e. The van der Waals surface area contributed by atoms with Crippen molar-refractivity contribution in [2.45, 2.75) is 44.6 Å². The molecule has 0 amide bonds. The standard InChI is InChI=1S/C14H18BrClO/c1-10-4-2-3-7-14(10,17)9-11-5-6-12(15)8-13(11)16/h5-6,8,10,17H,2-4,7,9H2,1H3. The average Bonchev–Trinajstić information content (AvgIpc) is 2.27. The molecular weight excluding hydrogens is 300 g/mol. The van der Waals surface area contributed by atoms with Crippen LogP contribution in [0.15, 0.2) is 22.7 Å². The average molecular weight is 318 g/mol. The first-order valence-electron chi connectivity index (χ1n) is 6.17. The predicted molar refractivity (Wildman–Crippen MR) is 75.4 cm³/mol. The van der Waals surface area contributed by atoms with Crippen LogP contribution in [0.2, 0.25) is 5.02 Å². The Bertz CT molecular complexity index is 407. The smallest absolute Gasteiger partial charge is 0.0713 e. The first-order chi connectivity index (χ1) is 8.01. The lowest BCUT2D eigenvalue weighted by atomic mass is 9.73. The van der Waals surface area contributed by atoms with Gasteiger partial charge in [0.25, 0.3) is 0 Å². The van der Waals surface area contributed by atoms with Crippen molar-refractivity contribution in [2.24, 2.45) is 5.92 Å². The summed E-state index contributed by atoms with van der Waals surface area (Å²) >= 11 is 9.62. The quantitative estimate of drug-likeness (QED) is 0.846. The van der Waals surface area contributed by atoms with E-state index in [2.05, 4.69) is 22.9 Å². The molecule has 3 heteroatoms. The molecule has 94 valence electrons.